The molecule has 0 aliphatic carbocycles. The summed E-state index contributed by atoms with van der Waals surface area (Å²) in [6.07, 6.45) is -0.775. The van der Waals surface area contributed by atoms with E-state index in [1.807, 2.05) is 0 Å². The minimum absolute atomic E-state index is 0.0442. The van der Waals surface area contributed by atoms with Crippen molar-refractivity contribution in [3.63, 3.8) is 0 Å². The minimum Gasteiger partial charge on any atom is -0.311 e. The van der Waals surface area contributed by atoms with Gasteiger partial charge < -0.3 is 4.57 Å². The lowest BCUT2D eigenvalue weighted by molar-refractivity contribution is -0.137. The smallest absolute Gasteiger partial charge is 0.311 e. The lowest BCUT2D eigenvalue weighted by atomic mass is 10.2. The van der Waals surface area contributed by atoms with E-state index in [0.717, 1.165) is 12.3 Å². The Kier molecular flexibility index (Phi) is 4.19. The average molecular weight is 426 g/mol. The summed E-state index contributed by atoms with van der Waals surface area (Å²) in [6, 6.07) is 2.61. The number of imidazole rings is 1. The Bertz CT molecular complexity index is 1320. The van der Waals surface area contributed by atoms with Gasteiger partial charge >= 0.3 is 6.18 Å². The van der Waals surface area contributed by atoms with Crippen LogP contribution in [0.4, 0.5) is 13.2 Å². The van der Waals surface area contributed by atoms with Crippen molar-refractivity contribution < 1.29 is 21.6 Å². The summed E-state index contributed by atoms with van der Waals surface area (Å²) in [7, 11) is -2.04. The van der Waals surface area contributed by atoms with Crippen molar-refractivity contribution in [3.05, 3.63) is 36.3 Å². The number of fused-ring (bicyclic) bond motifs is 2. The molecule has 11 heteroatoms. The van der Waals surface area contributed by atoms with Gasteiger partial charge in [-0.05, 0) is 12.1 Å². The molecular formula is C17H13F3N4O2S2. The van der Waals surface area contributed by atoms with Crippen LogP contribution in [0.3, 0.4) is 0 Å². The van der Waals surface area contributed by atoms with Crippen LogP contribution in [0.15, 0.2) is 35.6 Å². The molecule has 0 amide bonds. The van der Waals surface area contributed by atoms with Crippen LogP contribution in [0.5, 0.6) is 0 Å². The average Bonchev–Trinajstić information content (AvgIpc) is 3.19. The third-order valence-electron chi connectivity index (χ3n) is 4.37. The maximum atomic E-state index is 13.0. The number of alkyl halides is 3. The topological polar surface area (TPSA) is 77.7 Å². The third kappa shape index (κ3) is 2.85. The molecule has 6 nitrogen and oxygen atoms in total. The molecule has 0 aromatic carbocycles. The maximum absolute atomic E-state index is 13.0. The number of thiophene rings is 1. The van der Waals surface area contributed by atoms with Crippen molar-refractivity contribution in [2.24, 2.45) is 7.05 Å². The fourth-order valence-electron chi connectivity index (χ4n) is 2.95. The quantitative estimate of drug-likeness (QED) is 0.494. The normalized spacial score (nSPS) is 12.9. The van der Waals surface area contributed by atoms with Crippen molar-refractivity contribution in [3.8, 4) is 10.7 Å². The molecule has 28 heavy (non-hydrogen) atoms. The molecule has 0 N–H and O–H groups in total. The molecule has 0 saturated heterocycles. The van der Waals surface area contributed by atoms with Gasteiger partial charge in [0.15, 0.2) is 21.3 Å². The molecule has 0 aliphatic rings. The van der Waals surface area contributed by atoms with Gasteiger partial charge in [0.25, 0.3) is 0 Å². The maximum Gasteiger partial charge on any atom is 0.417 e. The number of aryl methyl sites for hydroxylation is 1. The molecule has 0 fully saturated rings. The highest BCUT2D eigenvalue weighted by Gasteiger charge is 2.32. The van der Waals surface area contributed by atoms with E-state index >= 15 is 0 Å². The summed E-state index contributed by atoms with van der Waals surface area (Å²) in [4.78, 5) is 12.6. The molecule has 0 unspecified atom stereocenters. The summed E-state index contributed by atoms with van der Waals surface area (Å²) in [5.41, 5.74) is -0.632. The molecule has 4 heterocycles. The Hall–Kier alpha value is -2.53. The van der Waals surface area contributed by atoms with Crippen molar-refractivity contribution in [2.45, 2.75) is 18.0 Å². The molecule has 4 aromatic heterocycles. The monoisotopic (exact) mass is 426 g/mol. The van der Waals surface area contributed by atoms with Gasteiger partial charge in [0, 0.05) is 35.7 Å². The first-order chi connectivity index (χ1) is 13.1. The third-order valence-corrected chi connectivity index (χ3v) is 7.48. The number of sulfone groups is 1. The predicted molar refractivity (Wildman–Crippen MR) is 99.9 cm³/mol. The second-order valence-electron chi connectivity index (χ2n) is 6.09. The highest BCUT2D eigenvalue weighted by atomic mass is 32.2. The summed E-state index contributed by atoms with van der Waals surface area (Å²) in [6.45, 7) is 1.53. The molecular weight excluding hydrogens is 413 g/mol. The van der Waals surface area contributed by atoms with Crippen molar-refractivity contribution in [1.82, 2.24) is 19.5 Å². The van der Waals surface area contributed by atoms with Gasteiger partial charge in [-0.2, -0.15) is 13.2 Å². The van der Waals surface area contributed by atoms with E-state index in [1.54, 1.807) is 19.3 Å². The summed E-state index contributed by atoms with van der Waals surface area (Å²) in [5, 5.41) is 0.473. The lowest BCUT2D eigenvalue weighted by Crippen LogP contribution is -2.06. The van der Waals surface area contributed by atoms with E-state index in [0.29, 0.717) is 15.0 Å². The largest absolute Gasteiger partial charge is 0.417 e. The molecule has 0 atom stereocenters. The van der Waals surface area contributed by atoms with E-state index in [4.69, 9.17) is 0 Å². The van der Waals surface area contributed by atoms with E-state index in [9.17, 15) is 21.6 Å². The van der Waals surface area contributed by atoms with Crippen molar-refractivity contribution in [2.75, 3.05) is 5.75 Å². The summed E-state index contributed by atoms with van der Waals surface area (Å²) < 4.78 is 66.7. The second kappa shape index (κ2) is 6.24. The van der Waals surface area contributed by atoms with Gasteiger partial charge in [0.05, 0.1) is 21.1 Å². The SMILES string of the molecule is CCS(=O)(=O)c1c(-c2nc3cc(C(F)(F)F)cnc3n2C)sc2ccncc12. The number of nitrogens with zero attached hydrogens (tertiary/aromatic N) is 4. The van der Waals surface area contributed by atoms with E-state index < -0.39 is 21.6 Å². The zero-order chi connectivity index (χ0) is 20.3. The van der Waals surface area contributed by atoms with Gasteiger partial charge in [-0.15, -0.1) is 11.3 Å². The van der Waals surface area contributed by atoms with Crippen LogP contribution >= 0.6 is 11.3 Å². The highest BCUT2D eigenvalue weighted by molar-refractivity contribution is 7.92. The van der Waals surface area contributed by atoms with Crippen LogP contribution in [0.2, 0.25) is 0 Å². The first-order valence-electron chi connectivity index (χ1n) is 8.12. The zero-order valence-corrected chi connectivity index (χ0v) is 16.3. The molecule has 4 rings (SSSR count). The van der Waals surface area contributed by atoms with Gasteiger partial charge in [-0.25, -0.2) is 18.4 Å². The molecule has 0 radical (unpaired) electrons. The number of hydrogen-bond donors (Lipinski definition) is 0. The van der Waals surface area contributed by atoms with Crippen LogP contribution in [-0.2, 0) is 23.1 Å². The van der Waals surface area contributed by atoms with E-state index in [2.05, 4.69) is 15.0 Å². The summed E-state index contributed by atoms with van der Waals surface area (Å²) in [5.74, 6) is 0.122. The molecule has 0 saturated carbocycles. The Morgan fingerprint density at radius 1 is 1.25 bits per heavy atom. The number of hydrogen-bond acceptors (Lipinski definition) is 6. The number of pyridine rings is 2. The minimum atomic E-state index is -4.54. The molecule has 0 bridgehead atoms. The van der Waals surface area contributed by atoms with Crippen LogP contribution in [0.1, 0.15) is 12.5 Å². The fraction of sp³-hybridized carbons (Fsp3) is 0.235. The van der Waals surface area contributed by atoms with Crippen LogP contribution < -0.4 is 0 Å². The van der Waals surface area contributed by atoms with Gasteiger partial charge in [-0.3, -0.25) is 4.98 Å². The number of rotatable bonds is 3. The first kappa shape index (κ1) is 18.8. The van der Waals surface area contributed by atoms with Crippen LogP contribution in [-0.4, -0.2) is 33.7 Å². The predicted octanol–water partition coefficient (Wildman–Crippen LogP) is 4.06. The highest BCUT2D eigenvalue weighted by Crippen LogP contribution is 2.42. The van der Waals surface area contributed by atoms with E-state index in [-0.39, 0.29) is 27.6 Å². The zero-order valence-electron chi connectivity index (χ0n) is 14.6. The first-order valence-corrected chi connectivity index (χ1v) is 10.6. The fourth-order valence-corrected chi connectivity index (χ4v) is 5.77. The van der Waals surface area contributed by atoms with Crippen molar-refractivity contribution in [1.29, 1.82) is 0 Å². The Morgan fingerprint density at radius 2 is 2.00 bits per heavy atom. The Labute approximate surface area is 161 Å². The lowest BCUT2D eigenvalue weighted by Gasteiger charge is -2.05. The van der Waals surface area contributed by atoms with Crippen LogP contribution in [0.25, 0.3) is 32.0 Å². The molecule has 0 aliphatic heterocycles. The number of aromatic nitrogens is 4. The summed E-state index contributed by atoms with van der Waals surface area (Å²) >= 11 is 1.21. The Morgan fingerprint density at radius 3 is 2.68 bits per heavy atom. The molecule has 0 spiro atoms. The van der Waals surface area contributed by atoms with Gasteiger partial charge in [-0.1, -0.05) is 6.92 Å². The number of halogens is 3. The second-order valence-corrected chi connectivity index (χ2v) is 9.36. The van der Waals surface area contributed by atoms with Crippen LogP contribution in [0, 0.1) is 0 Å². The Balaban J connectivity index is 2.04. The molecule has 4 aromatic rings. The standard InChI is InChI=1S/C17H13F3N4O2S2/c1-3-28(25,26)14-10-8-21-5-4-12(10)27-13(14)16-23-11-6-9(17(18,19)20)7-22-15(11)24(16)2/h4-8H,3H2,1-2H3. The van der Waals surface area contributed by atoms with E-state index in [1.165, 1.54) is 29.0 Å². The molecule has 146 valence electrons. The van der Waals surface area contributed by atoms with Crippen molar-refractivity contribution >= 4 is 42.4 Å². The van der Waals surface area contributed by atoms with Gasteiger partial charge in [0.1, 0.15) is 5.52 Å². The van der Waals surface area contributed by atoms with Gasteiger partial charge in [0.2, 0.25) is 0 Å².